The van der Waals surface area contributed by atoms with Crippen LogP contribution in [0.4, 0.5) is 0 Å². The minimum atomic E-state index is -0.246. The second-order valence-electron chi connectivity index (χ2n) is 3.72. The summed E-state index contributed by atoms with van der Waals surface area (Å²) in [5.74, 6) is 1.34. The van der Waals surface area contributed by atoms with Crippen molar-refractivity contribution in [3.63, 3.8) is 0 Å². The molecule has 1 N–H and O–H groups in total. The molecule has 1 aromatic carbocycles. The lowest BCUT2D eigenvalue weighted by molar-refractivity contribution is 0.196. The number of halogens is 1. The van der Waals surface area contributed by atoms with E-state index in [-0.39, 0.29) is 6.10 Å². The van der Waals surface area contributed by atoms with E-state index in [4.69, 9.17) is 11.6 Å². The first-order chi connectivity index (χ1) is 9.33. The highest BCUT2D eigenvalue weighted by atomic mass is 35.5. The van der Waals surface area contributed by atoms with Gasteiger partial charge in [-0.1, -0.05) is 18.2 Å². The number of hydrogen-bond donors (Lipinski definition) is 1. The Bertz CT molecular complexity index is 313. The van der Waals surface area contributed by atoms with Gasteiger partial charge in [-0.25, -0.2) is 0 Å². The van der Waals surface area contributed by atoms with Gasteiger partial charge in [0.2, 0.25) is 0 Å². The molecule has 108 valence electrons. The highest BCUT2D eigenvalue weighted by Crippen LogP contribution is 2.25. The van der Waals surface area contributed by atoms with Gasteiger partial charge in [0.1, 0.15) is 0 Å². The second-order valence-corrected chi connectivity index (χ2v) is 9.25. The molecule has 1 nitrogen and oxygen atoms in total. The van der Waals surface area contributed by atoms with Crippen LogP contribution in [0.2, 0.25) is 0 Å². The van der Waals surface area contributed by atoms with Crippen LogP contribution in [0.15, 0.2) is 35.2 Å². The molecule has 0 saturated carbocycles. The highest BCUT2D eigenvalue weighted by Gasteiger charge is 2.02. The molecule has 1 atom stereocenters. The first-order valence-electron chi connectivity index (χ1n) is 5.98. The highest BCUT2D eigenvalue weighted by molar-refractivity contribution is 8.26. The number of hydrogen-bond acceptors (Lipinski definition) is 5. The van der Waals surface area contributed by atoms with Crippen molar-refractivity contribution in [2.24, 2.45) is 0 Å². The molecule has 19 heavy (non-hydrogen) atoms. The van der Waals surface area contributed by atoms with Crippen molar-refractivity contribution in [1.82, 2.24) is 0 Å². The van der Waals surface area contributed by atoms with Crippen molar-refractivity contribution in [1.29, 1.82) is 0 Å². The number of aliphatic hydroxyl groups excluding tert-OH is 1. The predicted octanol–water partition coefficient (Wildman–Crippen LogP) is 4.84. The first kappa shape index (κ1) is 17.9. The molecule has 0 saturated heterocycles. The maximum Gasteiger partial charge on any atom is 0.0642 e. The van der Waals surface area contributed by atoms with Gasteiger partial charge in [0, 0.05) is 31.8 Å². The molecule has 0 aliphatic heterocycles. The summed E-state index contributed by atoms with van der Waals surface area (Å²) in [5.41, 5.74) is 0. The quantitative estimate of drug-likeness (QED) is 0.265. The van der Waals surface area contributed by atoms with Crippen LogP contribution in [0.25, 0.3) is 0 Å². The molecule has 0 spiro atoms. The molecule has 0 heterocycles. The van der Waals surface area contributed by atoms with E-state index in [2.05, 4.69) is 24.3 Å². The van der Waals surface area contributed by atoms with Gasteiger partial charge >= 0.3 is 0 Å². The van der Waals surface area contributed by atoms with E-state index < -0.39 is 0 Å². The summed E-state index contributed by atoms with van der Waals surface area (Å²) in [6.45, 7) is 0. The standard InChI is InChI=1S/C13H19ClOS4/c14-7-6-12(15)8-16-9-17-10-18-11-19-13-4-2-1-3-5-13/h1-5,12,15H,6-11H2. The van der Waals surface area contributed by atoms with E-state index in [0.29, 0.717) is 12.3 Å². The van der Waals surface area contributed by atoms with Crippen LogP contribution in [0.3, 0.4) is 0 Å². The molecule has 0 bridgehead atoms. The number of rotatable bonds is 11. The van der Waals surface area contributed by atoms with Crippen LogP contribution < -0.4 is 0 Å². The maximum absolute atomic E-state index is 9.49. The Balaban J connectivity index is 1.86. The third-order valence-corrected chi connectivity index (χ3v) is 7.39. The lowest BCUT2D eigenvalue weighted by atomic mass is 10.3. The summed E-state index contributed by atoms with van der Waals surface area (Å²) in [6, 6.07) is 10.5. The van der Waals surface area contributed by atoms with Gasteiger partial charge in [0.25, 0.3) is 0 Å². The Labute approximate surface area is 138 Å². The van der Waals surface area contributed by atoms with Gasteiger partial charge in [0.15, 0.2) is 0 Å². The largest absolute Gasteiger partial charge is 0.392 e. The Morgan fingerprint density at radius 3 is 2.42 bits per heavy atom. The van der Waals surface area contributed by atoms with Crippen molar-refractivity contribution in [3.8, 4) is 0 Å². The maximum atomic E-state index is 9.49. The van der Waals surface area contributed by atoms with E-state index in [0.717, 1.165) is 21.0 Å². The van der Waals surface area contributed by atoms with Crippen molar-refractivity contribution in [3.05, 3.63) is 30.3 Å². The number of alkyl halides is 1. The van der Waals surface area contributed by atoms with Crippen LogP contribution in [-0.4, -0.2) is 38.1 Å². The van der Waals surface area contributed by atoms with Crippen molar-refractivity contribution < 1.29 is 5.11 Å². The van der Waals surface area contributed by atoms with Gasteiger partial charge in [-0.15, -0.1) is 58.6 Å². The van der Waals surface area contributed by atoms with Crippen LogP contribution in [-0.2, 0) is 0 Å². The lowest BCUT2D eigenvalue weighted by Gasteiger charge is -2.07. The molecule has 0 aromatic heterocycles. The average molecular weight is 355 g/mol. The van der Waals surface area contributed by atoms with E-state index in [1.807, 2.05) is 41.4 Å². The third-order valence-electron chi connectivity index (χ3n) is 2.14. The molecule has 1 rings (SSSR count). The molecular formula is C13H19ClOS4. The Hall–Kier alpha value is 0.870. The summed E-state index contributed by atoms with van der Waals surface area (Å²) in [5, 5.41) is 12.7. The van der Waals surface area contributed by atoms with E-state index in [9.17, 15) is 5.11 Å². The fourth-order valence-corrected chi connectivity index (χ4v) is 6.22. The Morgan fingerprint density at radius 1 is 1.00 bits per heavy atom. The smallest absolute Gasteiger partial charge is 0.0642 e. The fourth-order valence-electron chi connectivity index (χ4n) is 1.21. The first-order valence-corrected chi connectivity index (χ1v) is 11.0. The van der Waals surface area contributed by atoms with Gasteiger partial charge in [-0.2, -0.15) is 0 Å². The lowest BCUT2D eigenvalue weighted by Crippen LogP contribution is -2.10. The SMILES string of the molecule is OC(CCCl)CSCSCSCSc1ccccc1. The van der Waals surface area contributed by atoms with Crippen molar-refractivity contribution >= 4 is 58.6 Å². The third kappa shape index (κ3) is 10.3. The molecule has 0 aliphatic carbocycles. The molecule has 0 fully saturated rings. The zero-order valence-corrected chi connectivity index (χ0v) is 14.7. The number of aliphatic hydroxyl groups is 1. The second kappa shape index (κ2) is 12.6. The molecule has 0 aliphatic rings. The topological polar surface area (TPSA) is 20.2 Å². The van der Waals surface area contributed by atoms with Gasteiger partial charge < -0.3 is 5.11 Å². The van der Waals surface area contributed by atoms with Crippen molar-refractivity contribution in [2.75, 3.05) is 26.9 Å². The molecule has 6 heteroatoms. The average Bonchev–Trinajstić information content (AvgIpc) is 2.43. The minimum absolute atomic E-state index is 0.246. The van der Waals surface area contributed by atoms with Crippen LogP contribution in [0.5, 0.6) is 0 Å². The molecule has 1 aromatic rings. The van der Waals surface area contributed by atoms with Gasteiger partial charge in [-0.3, -0.25) is 0 Å². The summed E-state index contributed by atoms with van der Waals surface area (Å²) >= 11 is 13.1. The van der Waals surface area contributed by atoms with Crippen LogP contribution in [0.1, 0.15) is 6.42 Å². The van der Waals surface area contributed by atoms with E-state index in [1.165, 1.54) is 4.90 Å². The molecule has 0 radical (unpaired) electrons. The van der Waals surface area contributed by atoms with Crippen molar-refractivity contribution in [2.45, 2.75) is 17.4 Å². The van der Waals surface area contributed by atoms with Crippen LogP contribution >= 0.6 is 58.6 Å². The van der Waals surface area contributed by atoms with E-state index >= 15 is 0 Å². The normalized spacial score (nSPS) is 12.5. The molecule has 1 unspecified atom stereocenters. The monoisotopic (exact) mass is 354 g/mol. The molecule has 0 amide bonds. The minimum Gasteiger partial charge on any atom is -0.392 e. The zero-order valence-electron chi connectivity index (χ0n) is 10.7. The van der Waals surface area contributed by atoms with Gasteiger partial charge in [0.05, 0.1) is 6.10 Å². The number of benzene rings is 1. The Kier molecular flexibility index (Phi) is 11.9. The molecular weight excluding hydrogens is 336 g/mol. The zero-order chi connectivity index (χ0) is 13.8. The summed E-state index contributed by atoms with van der Waals surface area (Å²) in [6.07, 6.45) is 0.450. The number of thioether (sulfide) groups is 4. The predicted molar refractivity (Wildman–Crippen MR) is 95.9 cm³/mol. The van der Waals surface area contributed by atoms with Crippen LogP contribution in [0, 0.1) is 0 Å². The van der Waals surface area contributed by atoms with Gasteiger partial charge in [-0.05, 0) is 18.6 Å². The van der Waals surface area contributed by atoms with E-state index in [1.54, 1.807) is 11.8 Å². The Morgan fingerprint density at radius 2 is 1.68 bits per heavy atom. The summed E-state index contributed by atoms with van der Waals surface area (Å²) in [7, 11) is 0. The summed E-state index contributed by atoms with van der Waals surface area (Å²) in [4.78, 5) is 1.33. The fraction of sp³-hybridized carbons (Fsp3) is 0.538. The summed E-state index contributed by atoms with van der Waals surface area (Å²) < 4.78 is 0.